The lowest BCUT2D eigenvalue weighted by atomic mass is 10.1. The van der Waals surface area contributed by atoms with E-state index in [9.17, 15) is 14.4 Å². The number of benzene rings is 1. The monoisotopic (exact) mass is 332 g/mol. The van der Waals surface area contributed by atoms with E-state index in [2.05, 4.69) is 21.2 Å². The number of ether oxygens (including phenoxy) is 1. The van der Waals surface area contributed by atoms with Crippen LogP contribution in [0.15, 0.2) is 29.4 Å². The fraction of sp³-hybridized carbons (Fsp3) is 0.375. The van der Waals surface area contributed by atoms with Crippen LogP contribution in [0.4, 0.5) is 5.69 Å². The van der Waals surface area contributed by atoms with Gasteiger partial charge in [-0.05, 0) is 30.7 Å². The highest BCUT2D eigenvalue weighted by Crippen LogP contribution is 2.15. The third-order valence-electron chi connectivity index (χ3n) is 3.22. The van der Waals surface area contributed by atoms with E-state index in [1.807, 2.05) is 0 Å². The molecule has 8 nitrogen and oxygen atoms in total. The highest BCUT2D eigenvalue weighted by molar-refractivity contribution is 6.39. The Morgan fingerprint density at radius 2 is 2.00 bits per heavy atom. The first-order valence-corrected chi connectivity index (χ1v) is 7.68. The number of hydrazone groups is 1. The van der Waals surface area contributed by atoms with Crippen molar-refractivity contribution in [1.29, 1.82) is 0 Å². The van der Waals surface area contributed by atoms with Gasteiger partial charge in [-0.3, -0.25) is 14.4 Å². The van der Waals surface area contributed by atoms with E-state index in [0.29, 0.717) is 43.1 Å². The maximum atomic E-state index is 11.8. The molecule has 24 heavy (non-hydrogen) atoms. The van der Waals surface area contributed by atoms with Gasteiger partial charge in [-0.15, -0.1) is 0 Å². The molecule has 0 spiro atoms. The van der Waals surface area contributed by atoms with Crippen LogP contribution < -0.4 is 20.8 Å². The Hall–Kier alpha value is -2.90. The van der Waals surface area contributed by atoms with E-state index in [4.69, 9.17) is 4.74 Å². The van der Waals surface area contributed by atoms with Crippen molar-refractivity contribution in [3.63, 3.8) is 0 Å². The van der Waals surface area contributed by atoms with Gasteiger partial charge in [0.25, 0.3) is 5.91 Å². The number of carbonyl (C=O) groups excluding carboxylic acids is 3. The van der Waals surface area contributed by atoms with Gasteiger partial charge in [0.15, 0.2) is 0 Å². The van der Waals surface area contributed by atoms with Crippen LogP contribution in [0.1, 0.15) is 26.2 Å². The molecule has 1 heterocycles. The Labute approximate surface area is 139 Å². The number of hydrogen-bond donors (Lipinski definition) is 3. The van der Waals surface area contributed by atoms with Crippen LogP contribution in [0.25, 0.3) is 0 Å². The summed E-state index contributed by atoms with van der Waals surface area (Å²) in [4.78, 5) is 33.7. The Balaban J connectivity index is 1.63. The van der Waals surface area contributed by atoms with Crippen molar-refractivity contribution < 1.29 is 19.1 Å². The zero-order valence-corrected chi connectivity index (χ0v) is 13.4. The summed E-state index contributed by atoms with van der Waals surface area (Å²) in [7, 11) is 0. The van der Waals surface area contributed by atoms with E-state index in [0.717, 1.165) is 0 Å². The van der Waals surface area contributed by atoms with Crippen LogP contribution >= 0.6 is 0 Å². The topological polar surface area (TPSA) is 109 Å². The SMILES string of the molecule is CC(=O)Nc1ccc(OCCCNC(=O)C2=NNC(=O)CC2)cc1. The van der Waals surface area contributed by atoms with Gasteiger partial charge in [0.2, 0.25) is 11.8 Å². The standard InChI is InChI=1S/C16H20N4O4/c1-11(21)18-12-3-5-13(6-4-12)24-10-2-9-17-16(23)14-7-8-15(22)20-19-14/h3-6H,2,7-10H2,1H3,(H,17,23)(H,18,21)(H,20,22). The predicted molar refractivity (Wildman–Crippen MR) is 88.7 cm³/mol. The predicted octanol–water partition coefficient (Wildman–Crippen LogP) is 0.796. The molecule has 0 atom stereocenters. The third kappa shape index (κ3) is 5.71. The zero-order chi connectivity index (χ0) is 17.4. The van der Waals surface area contributed by atoms with Gasteiger partial charge in [-0.1, -0.05) is 0 Å². The molecule has 0 aliphatic carbocycles. The van der Waals surface area contributed by atoms with Gasteiger partial charge in [0.05, 0.1) is 6.61 Å². The van der Waals surface area contributed by atoms with Crippen molar-refractivity contribution in [2.24, 2.45) is 5.10 Å². The van der Waals surface area contributed by atoms with Gasteiger partial charge in [0.1, 0.15) is 11.5 Å². The number of carbonyl (C=O) groups is 3. The van der Waals surface area contributed by atoms with Crippen LogP contribution in [-0.4, -0.2) is 36.6 Å². The van der Waals surface area contributed by atoms with Crippen LogP contribution in [0.5, 0.6) is 5.75 Å². The van der Waals surface area contributed by atoms with Gasteiger partial charge in [0, 0.05) is 32.0 Å². The van der Waals surface area contributed by atoms with E-state index in [1.165, 1.54) is 6.92 Å². The summed E-state index contributed by atoms with van der Waals surface area (Å²) in [6.07, 6.45) is 1.28. The smallest absolute Gasteiger partial charge is 0.267 e. The van der Waals surface area contributed by atoms with Crippen molar-refractivity contribution in [3.05, 3.63) is 24.3 Å². The fourth-order valence-corrected chi connectivity index (χ4v) is 2.04. The summed E-state index contributed by atoms with van der Waals surface area (Å²) < 4.78 is 5.56. The molecule has 0 radical (unpaired) electrons. The van der Waals surface area contributed by atoms with E-state index in [-0.39, 0.29) is 24.1 Å². The van der Waals surface area contributed by atoms with E-state index in [1.54, 1.807) is 24.3 Å². The van der Waals surface area contributed by atoms with Crippen LogP contribution in [0, 0.1) is 0 Å². The summed E-state index contributed by atoms with van der Waals surface area (Å²) in [5.74, 6) is 0.121. The molecule has 128 valence electrons. The minimum absolute atomic E-state index is 0.124. The average Bonchev–Trinajstić information content (AvgIpc) is 2.56. The van der Waals surface area contributed by atoms with Crippen molar-refractivity contribution in [2.75, 3.05) is 18.5 Å². The molecule has 1 aliphatic heterocycles. The van der Waals surface area contributed by atoms with Crippen LogP contribution in [0.2, 0.25) is 0 Å². The lowest BCUT2D eigenvalue weighted by Crippen LogP contribution is -2.37. The first-order chi connectivity index (χ1) is 11.5. The molecule has 0 unspecified atom stereocenters. The van der Waals surface area contributed by atoms with Crippen LogP contribution in [-0.2, 0) is 14.4 Å². The first kappa shape index (κ1) is 17.5. The molecule has 0 saturated heterocycles. The van der Waals surface area contributed by atoms with Gasteiger partial charge >= 0.3 is 0 Å². The minimum atomic E-state index is -0.269. The quantitative estimate of drug-likeness (QED) is 0.642. The molecule has 1 aliphatic rings. The lowest BCUT2D eigenvalue weighted by molar-refractivity contribution is -0.121. The molecule has 3 N–H and O–H groups in total. The Morgan fingerprint density at radius 3 is 2.62 bits per heavy atom. The molecule has 0 aromatic heterocycles. The summed E-state index contributed by atoms with van der Waals surface area (Å²) in [6, 6.07) is 7.05. The number of rotatable bonds is 7. The second-order valence-corrected chi connectivity index (χ2v) is 5.26. The Bertz CT molecular complexity index is 640. The second-order valence-electron chi connectivity index (χ2n) is 5.26. The Morgan fingerprint density at radius 1 is 1.25 bits per heavy atom. The van der Waals surface area contributed by atoms with Gasteiger partial charge in [-0.25, -0.2) is 5.43 Å². The third-order valence-corrected chi connectivity index (χ3v) is 3.22. The maximum absolute atomic E-state index is 11.8. The number of nitrogens with zero attached hydrogens (tertiary/aromatic N) is 1. The summed E-state index contributed by atoms with van der Waals surface area (Å²) in [6.45, 7) is 2.35. The first-order valence-electron chi connectivity index (χ1n) is 7.68. The molecule has 0 saturated carbocycles. The van der Waals surface area contributed by atoms with Crippen molar-refractivity contribution >= 4 is 29.1 Å². The summed E-state index contributed by atoms with van der Waals surface area (Å²) in [5, 5.41) is 9.14. The molecule has 0 fully saturated rings. The lowest BCUT2D eigenvalue weighted by Gasteiger charge is -2.12. The summed E-state index contributed by atoms with van der Waals surface area (Å²) >= 11 is 0. The number of amides is 3. The Kier molecular flexibility index (Phi) is 6.30. The normalized spacial score (nSPS) is 13.5. The number of hydrogen-bond acceptors (Lipinski definition) is 5. The van der Waals surface area contributed by atoms with Gasteiger partial charge < -0.3 is 15.4 Å². The maximum Gasteiger partial charge on any atom is 0.267 e. The average molecular weight is 332 g/mol. The highest BCUT2D eigenvalue weighted by Gasteiger charge is 2.17. The zero-order valence-electron chi connectivity index (χ0n) is 13.4. The minimum Gasteiger partial charge on any atom is -0.494 e. The van der Waals surface area contributed by atoms with E-state index < -0.39 is 0 Å². The second kappa shape index (κ2) is 8.66. The number of anilines is 1. The molecule has 1 aromatic rings. The molecule has 0 bridgehead atoms. The molecule has 1 aromatic carbocycles. The largest absolute Gasteiger partial charge is 0.494 e. The van der Waals surface area contributed by atoms with Crippen molar-refractivity contribution in [3.8, 4) is 5.75 Å². The molecular weight excluding hydrogens is 312 g/mol. The molecule has 8 heteroatoms. The van der Waals surface area contributed by atoms with Gasteiger partial charge in [-0.2, -0.15) is 5.10 Å². The fourth-order valence-electron chi connectivity index (χ4n) is 2.04. The van der Waals surface area contributed by atoms with E-state index >= 15 is 0 Å². The molecule has 2 rings (SSSR count). The molecular formula is C16H20N4O4. The van der Waals surface area contributed by atoms with Crippen molar-refractivity contribution in [1.82, 2.24) is 10.7 Å². The van der Waals surface area contributed by atoms with Crippen LogP contribution in [0.3, 0.4) is 0 Å². The number of nitrogens with one attached hydrogen (secondary N) is 3. The molecule has 3 amide bonds. The highest BCUT2D eigenvalue weighted by atomic mass is 16.5. The van der Waals surface area contributed by atoms with Crippen molar-refractivity contribution in [2.45, 2.75) is 26.2 Å². The summed E-state index contributed by atoms with van der Waals surface area (Å²) in [5.41, 5.74) is 3.34.